The Hall–Kier alpha value is -4.82. The number of rotatable bonds is 19. The summed E-state index contributed by atoms with van der Waals surface area (Å²) in [5.74, 6) is -1.38. The van der Waals surface area contributed by atoms with Gasteiger partial charge in [0.05, 0.1) is 28.2 Å². The van der Waals surface area contributed by atoms with Crippen molar-refractivity contribution < 1.29 is 33.8 Å². The van der Waals surface area contributed by atoms with Crippen LogP contribution in [0.3, 0.4) is 0 Å². The Bertz CT molecular complexity index is 1900. The fraction of sp³-hybridized carbons (Fsp3) is 0.565. The minimum absolute atomic E-state index is 0.0121. The largest absolute Gasteiger partial charge is 0.444 e. The molecule has 5 amide bonds. The average Bonchev–Trinajstić information content (AvgIpc) is 3.78. The smallest absolute Gasteiger partial charge is 0.407 e. The van der Waals surface area contributed by atoms with E-state index in [1.54, 1.807) is 32.1 Å². The minimum atomic E-state index is -0.884. The molecule has 0 spiro atoms. The summed E-state index contributed by atoms with van der Waals surface area (Å²) in [6.45, 7) is 14.9. The van der Waals surface area contributed by atoms with E-state index in [-0.39, 0.29) is 55.6 Å². The average molecular weight is 847 g/mol. The first-order chi connectivity index (χ1) is 28.2. The molecule has 3 aromatic rings. The molecule has 60 heavy (non-hydrogen) atoms. The van der Waals surface area contributed by atoms with Crippen molar-refractivity contribution in [3.63, 3.8) is 0 Å². The van der Waals surface area contributed by atoms with Gasteiger partial charge in [-0.25, -0.2) is 9.78 Å². The summed E-state index contributed by atoms with van der Waals surface area (Å²) in [7, 11) is 0. The van der Waals surface area contributed by atoms with Crippen LogP contribution in [0, 0.1) is 12.3 Å². The normalized spacial score (nSPS) is 17.1. The van der Waals surface area contributed by atoms with Gasteiger partial charge < -0.3 is 36.4 Å². The SMILES string of the molecule is Cc1ncsc1-c1ccc([C@H](C)NC(=O)[C@@H]2C[C@@H](O)CN2C(=O)[C@@H](NC(=O)CCCCc2ccc(CCC[C@H](CCC(N)=O)NC(=O)OC(C)(C)C)cc2)C(C)(C)C)cc1. The lowest BCUT2D eigenvalue weighted by Gasteiger charge is -2.35. The van der Waals surface area contributed by atoms with Crippen molar-refractivity contribution in [3.8, 4) is 10.4 Å². The number of nitrogens with zero attached hydrogens (tertiary/aromatic N) is 2. The van der Waals surface area contributed by atoms with Crippen molar-refractivity contribution >= 4 is 41.1 Å². The first-order valence-electron chi connectivity index (χ1n) is 21.1. The number of likely N-dealkylation sites (tertiary alicyclic amines) is 1. The third kappa shape index (κ3) is 15.0. The van der Waals surface area contributed by atoms with Gasteiger partial charge in [-0.15, -0.1) is 11.3 Å². The van der Waals surface area contributed by atoms with Crippen LogP contribution in [0.25, 0.3) is 10.4 Å². The molecule has 0 aliphatic carbocycles. The summed E-state index contributed by atoms with van der Waals surface area (Å²) in [5, 5.41) is 19.5. The number of alkyl carbamates (subject to hydrolysis) is 1. The maximum absolute atomic E-state index is 14.1. The Morgan fingerprint density at radius 2 is 1.52 bits per heavy atom. The first kappa shape index (κ1) is 47.9. The van der Waals surface area contributed by atoms with Crippen molar-refractivity contribution in [2.45, 2.75) is 155 Å². The van der Waals surface area contributed by atoms with E-state index in [0.717, 1.165) is 58.5 Å². The monoisotopic (exact) mass is 846 g/mol. The summed E-state index contributed by atoms with van der Waals surface area (Å²) < 4.78 is 5.39. The topological polar surface area (TPSA) is 193 Å². The summed E-state index contributed by atoms with van der Waals surface area (Å²) in [6, 6.07) is 14.0. The second kappa shape index (κ2) is 21.6. The van der Waals surface area contributed by atoms with Gasteiger partial charge in [0.1, 0.15) is 17.7 Å². The molecule has 4 rings (SSSR count). The molecule has 1 aromatic heterocycles. The number of ether oxygens (including phenoxy) is 1. The highest BCUT2D eigenvalue weighted by Crippen LogP contribution is 2.30. The van der Waals surface area contributed by atoms with Gasteiger partial charge in [0.15, 0.2) is 0 Å². The number of aliphatic hydroxyl groups excluding tert-OH is 1. The number of thiazole rings is 1. The van der Waals surface area contributed by atoms with Crippen LogP contribution in [0.5, 0.6) is 0 Å². The van der Waals surface area contributed by atoms with E-state index >= 15 is 0 Å². The number of aliphatic hydroxyl groups is 1. The summed E-state index contributed by atoms with van der Waals surface area (Å²) >= 11 is 1.58. The Morgan fingerprint density at radius 3 is 2.08 bits per heavy atom. The molecule has 0 radical (unpaired) electrons. The van der Waals surface area contributed by atoms with Gasteiger partial charge in [-0.2, -0.15) is 0 Å². The van der Waals surface area contributed by atoms with E-state index < -0.39 is 41.2 Å². The summed E-state index contributed by atoms with van der Waals surface area (Å²) in [4.78, 5) is 71.5. The fourth-order valence-electron chi connectivity index (χ4n) is 7.37. The maximum atomic E-state index is 14.1. The number of β-amino-alcohol motifs (C(OH)–C–C–N with tert-alkyl or cyclic N) is 1. The van der Waals surface area contributed by atoms with Gasteiger partial charge in [0.25, 0.3) is 0 Å². The predicted molar refractivity (Wildman–Crippen MR) is 235 cm³/mol. The molecule has 0 bridgehead atoms. The van der Waals surface area contributed by atoms with Gasteiger partial charge in [0.2, 0.25) is 23.6 Å². The molecule has 5 atom stereocenters. The number of carbonyl (C=O) groups is 5. The predicted octanol–water partition coefficient (Wildman–Crippen LogP) is 6.68. The molecule has 13 nitrogen and oxygen atoms in total. The highest BCUT2D eigenvalue weighted by molar-refractivity contribution is 7.13. The number of aromatic nitrogens is 1. The van der Waals surface area contributed by atoms with Gasteiger partial charge in [-0.3, -0.25) is 19.2 Å². The van der Waals surface area contributed by atoms with Crippen LogP contribution >= 0.6 is 11.3 Å². The van der Waals surface area contributed by atoms with Crippen LogP contribution in [0.15, 0.2) is 54.0 Å². The number of benzene rings is 2. The third-order valence-corrected chi connectivity index (χ3v) is 11.7. The molecule has 0 unspecified atom stereocenters. The summed E-state index contributed by atoms with van der Waals surface area (Å²) in [6.07, 6.45) is 4.13. The molecular weight excluding hydrogens is 781 g/mol. The zero-order valence-electron chi connectivity index (χ0n) is 36.6. The Balaban J connectivity index is 1.24. The number of nitrogens with one attached hydrogen (secondary N) is 3. The second-order valence-corrected chi connectivity index (χ2v) is 19.0. The minimum Gasteiger partial charge on any atom is -0.444 e. The highest BCUT2D eigenvalue weighted by Gasteiger charge is 2.44. The van der Waals surface area contributed by atoms with E-state index in [0.29, 0.717) is 19.3 Å². The molecule has 2 heterocycles. The number of hydrogen-bond acceptors (Lipinski definition) is 9. The van der Waals surface area contributed by atoms with Gasteiger partial charge in [-0.1, -0.05) is 69.3 Å². The molecule has 2 aromatic carbocycles. The molecular formula is C46H66N6O7S. The third-order valence-electron chi connectivity index (χ3n) is 10.7. The van der Waals surface area contributed by atoms with Gasteiger partial charge >= 0.3 is 6.09 Å². The molecule has 14 heteroatoms. The van der Waals surface area contributed by atoms with Crippen molar-refractivity contribution in [3.05, 3.63) is 76.4 Å². The number of amides is 5. The number of nitrogens with two attached hydrogens (primary N) is 1. The van der Waals surface area contributed by atoms with Crippen molar-refractivity contribution in [1.29, 1.82) is 0 Å². The van der Waals surface area contributed by atoms with Crippen LogP contribution in [0.1, 0.15) is 128 Å². The van der Waals surface area contributed by atoms with E-state index in [9.17, 15) is 29.1 Å². The zero-order valence-corrected chi connectivity index (χ0v) is 37.5. The zero-order chi connectivity index (χ0) is 44.2. The lowest BCUT2D eigenvalue weighted by atomic mass is 9.85. The van der Waals surface area contributed by atoms with Crippen LogP contribution in [-0.4, -0.2) is 81.1 Å². The molecule has 328 valence electrons. The molecule has 1 saturated heterocycles. The van der Waals surface area contributed by atoms with E-state index in [2.05, 4.69) is 45.2 Å². The fourth-order valence-corrected chi connectivity index (χ4v) is 8.18. The molecule has 1 aliphatic rings. The Labute approximate surface area is 359 Å². The van der Waals surface area contributed by atoms with Crippen molar-refractivity contribution in [1.82, 2.24) is 25.8 Å². The number of hydrogen-bond donors (Lipinski definition) is 5. The lowest BCUT2D eigenvalue weighted by Crippen LogP contribution is -2.57. The van der Waals surface area contributed by atoms with Gasteiger partial charge in [-0.05, 0) is 107 Å². The molecule has 0 saturated carbocycles. The standard InChI is InChI=1S/C46H66N6O7S/c1-29(33-20-22-34(23-21-33)40-30(2)48-28-60-40)49-42(56)37-26-36(53)27-52(37)43(57)41(45(3,4)5)51-39(55)15-10-9-12-31-16-18-32(19-17-31)13-11-14-35(24-25-38(47)54)50-44(58)59-46(6,7)8/h16-23,28-29,35-37,41,53H,9-15,24-27H2,1-8H3,(H2,47,54)(H,49,56)(H,50,58)(H,51,55)/t29-,35+,36+,37-,41+/m0/s1. The molecule has 1 aliphatic heterocycles. The highest BCUT2D eigenvalue weighted by atomic mass is 32.1. The van der Waals surface area contributed by atoms with Gasteiger partial charge in [0, 0.05) is 31.8 Å². The maximum Gasteiger partial charge on any atom is 0.407 e. The van der Waals surface area contributed by atoms with Crippen LogP contribution in [-0.2, 0) is 36.8 Å². The van der Waals surface area contributed by atoms with E-state index in [1.165, 1.54) is 4.90 Å². The first-order valence-corrected chi connectivity index (χ1v) is 22.0. The Morgan fingerprint density at radius 1 is 0.883 bits per heavy atom. The molecule has 6 N–H and O–H groups in total. The number of aryl methyl sites for hydroxylation is 3. The number of carbonyl (C=O) groups excluding carboxylic acids is 5. The summed E-state index contributed by atoms with van der Waals surface area (Å²) in [5.41, 5.74) is 11.2. The van der Waals surface area contributed by atoms with Crippen molar-refractivity contribution in [2.75, 3.05) is 6.54 Å². The van der Waals surface area contributed by atoms with Crippen LogP contribution in [0.4, 0.5) is 4.79 Å². The van der Waals surface area contributed by atoms with E-state index in [1.807, 2.05) is 64.4 Å². The van der Waals surface area contributed by atoms with Crippen LogP contribution in [0.2, 0.25) is 0 Å². The van der Waals surface area contributed by atoms with E-state index in [4.69, 9.17) is 10.5 Å². The second-order valence-electron chi connectivity index (χ2n) is 18.1. The lowest BCUT2D eigenvalue weighted by molar-refractivity contribution is -0.144. The van der Waals surface area contributed by atoms with Crippen molar-refractivity contribution in [2.24, 2.45) is 11.1 Å². The number of primary amides is 1. The quantitative estimate of drug-likeness (QED) is 0.0825. The number of unbranched alkanes of at least 4 members (excludes halogenated alkanes) is 1. The molecule has 1 fully saturated rings. The van der Waals surface area contributed by atoms with Crippen LogP contribution < -0.4 is 21.7 Å². The Kier molecular flexibility index (Phi) is 17.2.